The van der Waals surface area contributed by atoms with Crippen molar-refractivity contribution in [2.75, 3.05) is 51.3 Å². The van der Waals surface area contributed by atoms with Crippen LogP contribution >= 0.6 is 0 Å². The number of aromatic nitrogens is 1. The first-order valence-corrected chi connectivity index (χ1v) is 11.6. The Labute approximate surface area is 190 Å². The molecule has 0 saturated carbocycles. The lowest BCUT2D eigenvalue weighted by atomic mass is 10.0. The van der Waals surface area contributed by atoms with Crippen LogP contribution in [0.2, 0.25) is 0 Å². The Morgan fingerprint density at radius 3 is 2.75 bits per heavy atom. The zero-order chi connectivity index (χ0) is 22.4. The van der Waals surface area contributed by atoms with Gasteiger partial charge in [0.25, 0.3) is 0 Å². The van der Waals surface area contributed by atoms with Gasteiger partial charge < -0.3 is 19.6 Å². The highest BCUT2D eigenvalue weighted by molar-refractivity contribution is 5.77. The van der Waals surface area contributed by atoms with E-state index in [0.717, 1.165) is 57.0 Å². The molecule has 2 aromatic rings. The van der Waals surface area contributed by atoms with Crippen molar-refractivity contribution in [2.45, 2.75) is 37.8 Å². The molecule has 32 heavy (non-hydrogen) atoms. The van der Waals surface area contributed by atoms with Gasteiger partial charge in [0.1, 0.15) is 11.6 Å². The fourth-order valence-electron chi connectivity index (χ4n) is 4.67. The SMILES string of the molecule is CN(Cc1ccc(OCCCN2CCCC2=O)cc1)C[C@]1(O)CCN(c2ccccn2)C1. The van der Waals surface area contributed by atoms with Gasteiger partial charge in [0.05, 0.1) is 12.2 Å². The summed E-state index contributed by atoms with van der Waals surface area (Å²) in [5.41, 5.74) is 0.456. The number of amides is 1. The van der Waals surface area contributed by atoms with Crippen molar-refractivity contribution in [1.82, 2.24) is 14.8 Å². The molecule has 1 aromatic heterocycles. The Kier molecular flexibility index (Phi) is 7.27. The predicted molar refractivity (Wildman–Crippen MR) is 125 cm³/mol. The normalized spacial score (nSPS) is 21.0. The zero-order valence-corrected chi connectivity index (χ0v) is 18.9. The van der Waals surface area contributed by atoms with Gasteiger partial charge in [-0.3, -0.25) is 9.69 Å². The molecule has 7 heteroatoms. The van der Waals surface area contributed by atoms with Gasteiger partial charge >= 0.3 is 0 Å². The molecule has 4 rings (SSSR count). The number of carbonyl (C=O) groups is 1. The van der Waals surface area contributed by atoms with Crippen LogP contribution in [-0.4, -0.2) is 77.8 Å². The quantitative estimate of drug-likeness (QED) is 0.575. The summed E-state index contributed by atoms with van der Waals surface area (Å²) in [6.07, 6.45) is 5.06. The second-order valence-electron chi connectivity index (χ2n) is 9.09. The molecule has 0 radical (unpaired) electrons. The van der Waals surface area contributed by atoms with Crippen LogP contribution < -0.4 is 9.64 Å². The van der Waals surface area contributed by atoms with Gasteiger partial charge in [-0.15, -0.1) is 0 Å². The largest absolute Gasteiger partial charge is 0.494 e. The minimum absolute atomic E-state index is 0.269. The highest BCUT2D eigenvalue weighted by Gasteiger charge is 2.37. The summed E-state index contributed by atoms with van der Waals surface area (Å²) in [6, 6.07) is 14.0. The van der Waals surface area contributed by atoms with Crippen molar-refractivity contribution < 1.29 is 14.6 Å². The third-order valence-electron chi connectivity index (χ3n) is 6.26. The van der Waals surface area contributed by atoms with Crippen LogP contribution in [0.4, 0.5) is 5.82 Å². The van der Waals surface area contributed by atoms with Crippen LogP contribution in [-0.2, 0) is 11.3 Å². The van der Waals surface area contributed by atoms with Crippen LogP contribution in [0.15, 0.2) is 48.7 Å². The number of rotatable bonds is 10. The van der Waals surface area contributed by atoms with Gasteiger partial charge in [-0.25, -0.2) is 4.98 Å². The number of pyridine rings is 1. The number of hydrogen-bond donors (Lipinski definition) is 1. The molecule has 2 saturated heterocycles. The molecule has 0 bridgehead atoms. The maximum Gasteiger partial charge on any atom is 0.222 e. The molecule has 2 aliphatic rings. The number of hydrogen-bond acceptors (Lipinski definition) is 6. The fourth-order valence-corrected chi connectivity index (χ4v) is 4.67. The first-order valence-electron chi connectivity index (χ1n) is 11.6. The molecule has 2 aliphatic heterocycles. The fraction of sp³-hybridized carbons (Fsp3) is 0.520. The second-order valence-corrected chi connectivity index (χ2v) is 9.09. The summed E-state index contributed by atoms with van der Waals surface area (Å²) in [5, 5.41) is 11.1. The van der Waals surface area contributed by atoms with Gasteiger partial charge in [0.15, 0.2) is 0 Å². The van der Waals surface area contributed by atoms with Crippen molar-refractivity contribution in [3.8, 4) is 5.75 Å². The van der Waals surface area contributed by atoms with Crippen molar-refractivity contribution in [3.05, 3.63) is 54.2 Å². The van der Waals surface area contributed by atoms with Crippen molar-refractivity contribution in [1.29, 1.82) is 0 Å². The number of likely N-dealkylation sites (tertiary alicyclic amines) is 1. The molecule has 0 unspecified atom stereocenters. The molecule has 0 aliphatic carbocycles. The number of anilines is 1. The van der Waals surface area contributed by atoms with E-state index >= 15 is 0 Å². The van der Waals surface area contributed by atoms with E-state index < -0.39 is 5.60 Å². The van der Waals surface area contributed by atoms with E-state index in [4.69, 9.17) is 4.74 Å². The Bertz CT molecular complexity index is 877. The smallest absolute Gasteiger partial charge is 0.222 e. The number of benzene rings is 1. The maximum absolute atomic E-state index is 11.6. The number of carbonyl (C=O) groups excluding carboxylic acids is 1. The summed E-state index contributed by atoms with van der Waals surface area (Å²) in [7, 11) is 2.05. The van der Waals surface area contributed by atoms with Crippen LogP contribution in [0.1, 0.15) is 31.2 Å². The Hall–Kier alpha value is -2.64. The number of β-amino-alcohol motifs (C(OH)–C–C–N with tert-alkyl or cyclic N) is 1. The minimum Gasteiger partial charge on any atom is -0.494 e. The standard InChI is InChI=1S/C25H34N4O3/c1-27(19-25(31)12-16-29(20-25)23-6-2-3-13-26-23)18-21-8-10-22(11-9-21)32-17-5-15-28-14-4-7-24(28)30/h2-3,6,8-11,13,31H,4-5,7,12,14-20H2,1H3/t25-/m1/s1. The van der Waals surface area contributed by atoms with Gasteiger partial charge in [-0.2, -0.15) is 0 Å². The number of nitrogens with zero attached hydrogens (tertiary/aromatic N) is 4. The van der Waals surface area contributed by atoms with Crippen molar-refractivity contribution in [2.24, 2.45) is 0 Å². The first kappa shape index (κ1) is 22.6. The molecule has 1 atom stereocenters. The second kappa shape index (κ2) is 10.3. The molecule has 0 spiro atoms. The lowest BCUT2D eigenvalue weighted by molar-refractivity contribution is -0.127. The predicted octanol–water partition coefficient (Wildman–Crippen LogP) is 2.55. The molecule has 2 fully saturated rings. The summed E-state index contributed by atoms with van der Waals surface area (Å²) >= 11 is 0. The monoisotopic (exact) mass is 438 g/mol. The number of aliphatic hydroxyl groups is 1. The third-order valence-corrected chi connectivity index (χ3v) is 6.26. The molecular formula is C25H34N4O3. The number of ether oxygens (including phenoxy) is 1. The first-order chi connectivity index (χ1) is 15.5. The van der Waals surface area contributed by atoms with E-state index in [1.165, 1.54) is 5.56 Å². The van der Waals surface area contributed by atoms with Crippen LogP contribution in [0.3, 0.4) is 0 Å². The van der Waals surface area contributed by atoms with Gasteiger partial charge in [0, 0.05) is 51.9 Å². The van der Waals surface area contributed by atoms with E-state index in [2.05, 4.69) is 26.9 Å². The van der Waals surface area contributed by atoms with Crippen LogP contribution in [0.25, 0.3) is 0 Å². The Morgan fingerprint density at radius 2 is 2.03 bits per heavy atom. The van der Waals surface area contributed by atoms with E-state index in [1.54, 1.807) is 6.20 Å². The average Bonchev–Trinajstić information content (AvgIpc) is 3.38. The summed E-state index contributed by atoms with van der Waals surface area (Å²) < 4.78 is 5.84. The summed E-state index contributed by atoms with van der Waals surface area (Å²) in [5.74, 6) is 2.04. The van der Waals surface area contributed by atoms with Crippen molar-refractivity contribution >= 4 is 11.7 Å². The van der Waals surface area contributed by atoms with Gasteiger partial charge in [-0.05, 0) is 56.1 Å². The number of likely N-dealkylation sites (N-methyl/N-ethyl adjacent to an activating group) is 1. The molecule has 3 heterocycles. The molecule has 7 nitrogen and oxygen atoms in total. The molecule has 172 valence electrons. The Balaban J connectivity index is 1.19. The maximum atomic E-state index is 11.6. The van der Waals surface area contributed by atoms with Crippen LogP contribution in [0, 0.1) is 0 Å². The van der Waals surface area contributed by atoms with E-state index in [9.17, 15) is 9.90 Å². The van der Waals surface area contributed by atoms with Gasteiger partial charge in [-0.1, -0.05) is 18.2 Å². The van der Waals surface area contributed by atoms with Gasteiger partial charge in [0.2, 0.25) is 5.91 Å². The summed E-state index contributed by atoms with van der Waals surface area (Å²) in [6.45, 7) is 5.08. The molecule has 1 aromatic carbocycles. The Morgan fingerprint density at radius 1 is 1.19 bits per heavy atom. The topological polar surface area (TPSA) is 69.1 Å². The van der Waals surface area contributed by atoms with E-state index in [-0.39, 0.29) is 5.91 Å². The molecule has 1 amide bonds. The van der Waals surface area contributed by atoms with Crippen molar-refractivity contribution in [3.63, 3.8) is 0 Å². The highest BCUT2D eigenvalue weighted by Crippen LogP contribution is 2.26. The highest BCUT2D eigenvalue weighted by atomic mass is 16.5. The summed E-state index contributed by atoms with van der Waals surface area (Å²) in [4.78, 5) is 22.3. The molecular weight excluding hydrogens is 404 g/mol. The lowest BCUT2D eigenvalue weighted by Gasteiger charge is -2.29. The van der Waals surface area contributed by atoms with E-state index in [1.807, 2.05) is 42.3 Å². The molecule has 1 N–H and O–H groups in total. The minimum atomic E-state index is -0.730. The lowest BCUT2D eigenvalue weighted by Crippen LogP contribution is -2.43. The average molecular weight is 439 g/mol. The van der Waals surface area contributed by atoms with E-state index in [0.29, 0.717) is 26.1 Å². The van der Waals surface area contributed by atoms with Crippen LogP contribution in [0.5, 0.6) is 5.75 Å². The zero-order valence-electron chi connectivity index (χ0n) is 18.9. The third kappa shape index (κ3) is 5.99.